The third-order valence-corrected chi connectivity index (χ3v) is 4.20. The van der Waals surface area contributed by atoms with E-state index < -0.39 is 23.2 Å². The smallest absolute Gasteiger partial charge is 0.318 e. The van der Waals surface area contributed by atoms with Gasteiger partial charge in [-0.1, -0.05) is 20.8 Å². The second kappa shape index (κ2) is 6.07. The lowest BCUT2D eigenvalue weighted by molar-refractivity contribution is -0.142. The van der Waals surface area contributed by atoms with E-state index in [9.17, 15) is 18.0 Å². The van der Waals surface area contributed by atoms with Crippen molar-refractivity contribution in [2.24, 2.45) is 7.05 Å². The van der Waals surface area contributed by atoms with Crippen molar-refractivity contribution in [2.75, 3.05) is 5.32 Å². The summed E-state index contributed by atoms with van der Waals surface area (Å²) >= 11 is 0. The predicted octanol–water partition coefficient (Wildman–Crippen LogP) is 3.34. The van der Waals surface area contributed by atoms with Crippen LogP contribution in [0.4, 0.5) is 18.9 Å². The van der Waals surface area contributed by atoms with Gasteiger partial charge in [-0.15, -0.1) is 0 Å². The zero-order valence-corrected chi connectivity index (χ0v) is 15.5. The molecule has 0 aliphatic carbocycles. The number of rotatable bonds is 2. The van der Waals surface area contributed by atoms with Crippen molar-refractivity contribution in [1.82, 2.24) is 24.4 Å². The van der Waals surface area contributed by atoms with E-state index in [1.54, 1.807) is 39.4 Å². The van der Waals surface area contributed by atoms with Gasteiger partial charge in [0.15, 0.2) is 11.3 Å². The van der Waals surface area contributed by atoms with Gasteiger partial charge in [-0.05, 0) is 13.0 Å². The number of carbonyl (C=O) groups is 1. The molecule has 3 rings (SSSR count). The summed E-state index contributed by atoms with van der Waals surface area (Å²) in [4.78, 5) is 16.7. The van der Waals surface area contributed by atoms with Crippen molar-refractivity contribution < 1.29 is 18.0 Å². The summed E-state index contributed by atoms with van der Waals surface area (Å²) < 4.78 is 42.7. The number of hydrogen-bond donors (Lipinski definition) is 1. The minimum Gasteiger partial charge on any atom is -0.318 e. The Morgan fingerprint density at radius 1 is 1.19 bits per heavy atom. The maximum atomic E-state index is 13.5. The van der Waals surface area contributed by atoms with E-state index in [0.717, 1.165) is 6.07 Å². The molecule has 10 heteroatoms. The Balaban J connectivity index is 2.08. The number of aryl methyl sites for hydroxylation is 1. The minimum atomic E-state index is -4.64. The van der Waals surface area contributed by atoms with Gasteiger partial charge in [0.05, 0.1) is 23.3 Å². The van der Waals surface area contributed by atoms with E-state index in [1.807, 2.05) is 0 Å². The van der Waals surface area contributed by atoms with Crippen molar-refractivity contribution in [3.8, 4) is 0 Å². The van der Waals surface area contributed by atoms with Crippen LogP contribution in [0.2, 0.25) is 0 Å². The van der Waals surface area contributed by atoms with Gasteiger partial charge in [-0.2, -0.15) is 23.4 Å². The van der Waals surface area contributed by atoms with Crippen molar-refractivity contribution >= 4 is 17.2 Å². The van der Waals surface area contributed by atoms with E-state index in [2.05, 4.69) is 20.5 Å². The molecule has 0 bridgehead atoms. The predicted molar refractivity (Wildman–Crippen MR) is 92.6 cm³/mol. The largest absolute Gasteiger partial charge is 0.433 e. The number of nitrogens with zero attached hydrogens (tertiary/aromatic N) is 5. The zero-order chi connectivity index (χ0) is 20.1. The molecule has 0 unspecified atom stereocenters. The Hall–Kier alpha value is -2.91. The second-order valence-corrected chi connectivity index (χ2v) is 7.30. The summed E-state index contributed by atoms with van der Waals surface area (Å²) in [5.74, 6) is -0.637. The van der Waals surface area contributed by atoms with Crippen LogP contribution in [0.3, 0.4) is 0 Å². The molecule has 144 valence electrons. The van der Waals surface area contributed by atoms with E-state index in [-0.39, 0.29) is 17.0 Å². The second-order valence-electron chi connectivity index (χ2n) is 7.30. The number of halogens is 3. The van der Waals surface area contributed by atoms with Crippen LogP contribution in [0.1, 0.15) is 48.3 Å². The van der Waals surface area contributed by atoms with Crippen molar-refractivity contribution in [2.45, 2.75) is 39.3 Å². The third-order valence-electron chi connectivity index (χ3n) is 4.20. The first-order valence-corrected chi connectivity index (χ1v) is 8.16. The molecule has 27 heavy (non-hydrogen) atoms. The highest BCUT2D eigenvalue weighted by Crippen LogP contribution is 2.32. The fourth-order valence-electron chi connectivity index (χ4n) is 2.48. The number of amides is 1. The van der Waals surface area contributed by atoms with Gasteiger partial charge >= 0.3 is 6.18 Å². The van der Waals surface area contributed by atoms with Crippen molar-refractivity contribution in [1.29, 1.82) is 0 Å². The third kappa shape index (κ3) is 3.51. The standard InChI is InChI=1S/C17H19F3N6O/c1-9-11(8-21-25(9)5)22-15(27)10-6-14-23-12(16(2,3)4)7-13(17(18,19)20)26(14)24-10/h6-8H,1-5H3,(H,22,27). The summed E-state index contributed by atoms with van der Waals surface area (Å²) in [5, 5.41) is 10.4. The van der Waals surface area contributed by atoms with Crippen LogP contribution in [-0.4, -0.2) is 30.3 Å². The molecule has 7 nitrogen and oxygen atoms in total. The molecule has 0 saturated heterocycles. The molecule has 3 aromatic heterocycles. The van der Waals surface area contributed by atoms with Gasteiger partial charge in [-0.25, -0.2) is 9.50 Å². The molecule has 0 fully saturated rings. The number of fused-ring (bicyclic) bond motifs is 1. The van der Waals surface area contributed by atoms with Crippen LogP contribution < -0.4 is 5.32 Å². The molecule has 3 aromatic rings. The topological polar surface area (TPSA) is 77.1 Å². The molecule has 1 amide bonds. The number of nitrogens with one attached hydrogen (secondary N) is 1. The summed E-state index contributed by atoms with van der Waals surface area (Å²) in [7, 11) is 1.71. The Labute approximate surface area is 153 Å². The molecule has 0 aliphatic rings. The number of alkyl halides is 3. The Morgan fingerprint density at radius 3 is 2.37 bits per heavy atom. The highest BCUT2D eigenvalue weighted by atomic mass is 19.4. The van der Waals surface area contributed by atoms with Crippen molar-refractivity contribution in [3.63, 3.8) is 0 Å². The zero-order valence-electron chi connectivity index (χ0n) is 15.5. The summed E-state index contributed by atoms with van der Waals surface area (Å²) in [5.41, 5.74) is -0.354. The maximum Gasteiger partial charge on any atom is 0.433 e. The minimum absolute atomic E-state index is 0.0391. The quantitative estimate of drug-likeness (QED) is 0.740. The van der Waals surface area contributed by atoms with Crippen LogP contribution in [0.15, 0.2) is 18.3 Å². The fraction of sp³-hybridized carbons (Fsp3) is 0.412. The molecule has 0 saturated carbocycles. The molecular formula is C17H19F3N6O. The molecule has 3 heterocycles. The van der Waals surface area contributed by atoms with E-state index >= 15 is 0 Å². The van der Waals surface area contributed by atoms with Gasteiger partial charge in [-0.3, -0.25) is 9.48 Å². The summed E-state index contributed by atoms with van der Waals surface area (Å²) in [6, 6.07) is 2.21. The van der Waals surface area contributed by atoms with Gasteiger partial charge in [0.2, 0.25) is 0 Å². The fourth-order valence-corrected chi connectivity index (χ4v) is 2.48. The number of aromatic nitrogens is 5. The monoisotopic (exact) mass is 380 g/mol. The summed E-state index contributed by atoms with van der Waals surface area (Å²) in [6.07, 6.45) is -3.18. The first-order chi connectivity index (χ1) is 12.4. The molecule has 0 aliphatic heterocycles. The average Bonchev–Trinajstić information content (AvgIpc) is 3.10. The lowest BCUT2D eigenvalue weighted by atomic mass is 9.91. The SMILES string of the molecule is Cc1c(NC(=O)c2cc3nc(C(C)(C)C)cc(C(F)(F)F)n3n2)cnn1C. The Bertz CT molecular complexity index is 1030. The Morgan fingerprint density at radius 2 is 1.85 bits per heavy atom. The molecule has 0 aromatic carbocycles. The normalized spacial score (nSPS) is 12.6. The van der Waals surface area contributed by atoms with Crippen molar-refractivity contribution in [3.05, 3.63) is 41.1 Å². The van der Waals surface area contributed by atoms with E-state index in [4.69, 9.17) is 0 Å². The number of carbonyl (C=O) groups excluding carboxylic acids is 1. The van der Waals surface area contributed by atoms with Crippen LogP contribution in [0.5, 0.6) is 0 Å². The molecular weight excluding hydrogens is 361 g/mol. The van der Waals surface area contributed by atoms with Crippen LogP contribution in [0, 0.1) is 6.92 Å². The summed E-state index contributed by atoms with van der Waals surface area (Å²) in [6.45, 7) is 7.05. The maximum absolute atomic E-state index is 13.5. The van der Waals surface area contributed by atoms with Gasteiger partial charge < -0.3 is 5.32 Å². The lowest BCUT2D eigenvalue weighted by Gasteiger charge is -2.19. The molecule has 0 spiro atoms. The highest BCUT2D eigenvalue weighted by Gasteiger charge is 2.36. The average molecular weight is 380 g/mol. The lowest BCUT2D eigenvalue weighted by Crippen LogP contribution is -2.20. The van der Waals surface area contributed by atoms with Crippen LogP contribution in [0.25, 0.3) is 5.65 Å². The molecule has 0 radical (unpaired) electrons. The number of anilines is 1. The first-order valence-electron chi connectivity index (χ1n) is 8.16. The van der Waals surface area contributed by atoms with E-state index in [1.165, 1.54) is 12.3 Å². The van der Waals surface area contributed by atoms with Gasteiger partial charge in [0.1, 0.15) is 5.69 Å². The highest BCUT2D eigenvalue weighted by molar-refractivity contribution is 6.03. The van der Waals surface area contributed by atoms with E-state index in [0.29, 0.717) is 15.9 Å². The Kier molecular flexibility index (Phi) is 4.24. The van der Waals surface area contributed by atoms with Gasteiger partial charge in [0, 0.05) is 18.5 Å². The first kappa shape index (κ1) is 18.9. The van der Waals surface area contributed by atoms with Gasteiger partial charge in [0.25, 0.3) is 5.91 Å². The molecule has 0 atom stereocenters. The molecule has 1 N–H and O–H groups in total. The number of hydrogen-bond acceptors (Lipinski definition) is 4. The van der Waals surface area contributed by atoms with Crippen LogP contribution in [-0.2, 0) is 18.6 Å². The van der Waals surface area contributed by atoms with Crippen LogP contribution >= 0.6 is 0 Å².